The largest absolute Gasteiger partial charge is 0.459 e. The van der Waals surface area contributed by atoms with Crippen molar-refractivity contribution in [3.05, 3.63) is 48.0 Å². The summed E-state index contributed by atoms with van der Waals surface area (Å²) in [6.45, 7) is 0.00643. The molecule has 0 aromatic heterocycles. The Kier molecular flexibility index (Phi) is 9.85. The first-order chi connectivity index (χ1) is 13.7. The molecule has 0 saturated carbocycles. The Morgan fingerprint density at radius 3 is 2.43 bits per heavy atom. The van der Waals surface area contributed by atoms with Gasteiger partial charge in [-0.2, -0.15) is 0 Å². The molecule has 7 heteroatoms. The summed E-state index contributed by atoms with van der Waals surface area (Å²) in [5, 5.41) is 0. The number of esters is 1. The normalized spacial score (nSPS) is 23.4. The summed E-state index contributed by atoms with van der Waals surface area (Å²) in [5.74, 6) is -0.540. The van der Waals surface area contributed by atoms with Crippen LogP contribution in [0, 0.1) is 0 Å². The fraction of sp³-hybridized carbons (Fsp3) is 0.524. The Balaban J connectivity index is 2.08. The maximum absolute atomic E-state index is 12.5. The van der Waals surface area contributed by atoms with Gasteiger partial charge >= 0.3 is 5.97 Å². The zero-order valence-electron chi connectivity index (χ0n) is 16.4. The summed E-state index contributed by atoms with van der Waals surface area (Å²) in [6.07, 6.45) is 3.89. The van der Waals surface area contributed by atoms with Crippen LogP contribution in [-0.2, 0) is 28.5 Å². The van der Waals surface area contributed by atoms with Crippen LogP contribution in [0.2, 0.25) is 0 Å². The third-order valence-corrected chi connectivity index (χ3v) is 4.38. The van der Waals surface area contributed by atoms with Crippen molar-refractivity contribution in [2.75, 3.05) is 27.8 Å². The van der Waals surface area contributed by atoms with Crippen LogP contribution in [0.1, 0.15) is 36.0 Å². The van der Waals surface area contributed by atoms with Crippen molar-refractivity contribution in [1.82, 2.24) is 0 Å². The number of carbonyl (C=O) groups excluding carboxylic acids is 2. The van der Waals surface area contributed by atoms with Gasteiger partial charge in [0.15, 0.2) is 5.78 Å². The minimum Gasteiger partial charge on any atom is -0.459 e. The van der Waals surface area contributed by atoms with E-state index < -0.39 is 12.2 Å². The van der Waals surface area contributed by atoms with E-state index in [1.807, 2.05) is 6.07 Å². The highest BCUT2D eigenvalue weighted by Crippen LogP contribution is 2.21. The average Bonchev–Trinajstić information content (AvgIpc) is 2.72. The van der Waals surface area contributed by atoms with Gasteiger partial charge in [-0.1, -0.05) is 24.3 Å². The predicted molar refractivity (Wildman–Crippen MR) is 102 cm³/mol. The molecule has 28 heavy (non-hydrogen) atoms. The van der Waals surface area contributed by atoms with Gasteiger partial charge < -0.3 is 23.7 Å². The van der Waals surface area contributed by atoms with Gasteiger partial charge in [-0.05, 0) is 43.9 Å². The van der Waals surface area contributed by atoms with Crippen LogP contribution in [0.3, 0.4) is 0 Å². The summed E-state index contributed by atoms with van der Waals surface area (Å²) in [4.78, 5) is 24.9. The zero-order valence-corrected chi connectivity index (χ0v) is 16.4. The van der Waals surface area contributed by atoms with Gasteiger partial charge in [-0.25, -0.2) is 4.79 Å². The third-order valence-electron chi connectivity index (χ3n) is 4.38. The monoisotopic (exact) mass is 392 g/mol. The summed E-state index contributed by atoms with van der Waals surface area (Å²) in [5.41, 5.74) is 0.513. The molecule has 0 heterocycles. The Labute approximate surface area is 165 Å². The van der Waals surface area contributed by atoms with Gasteiger partial charge in [0.1, 0.15) is 25.8 Å². The first kappa shape index (κ1) is 22.2. The molecular formula is C21H28O7. The molecule has 1 aromatic carbocycles. The van der Waals surface area contributed by atoms with Crippen LogP contribution in [0.5, 0.6) is 0 Å². The van der Waals surface area contributed by atoms with Crippen molar-refractivity contribution < 1.29 is 33.3 Å². The topological polar surface area (TPSA) is 80.3 Å². The molecule has 2 rings (SSSR count). The number of hydrogen-bond acceptors (Lipinski definition) is 7. The lowest BCUT2D eigenvalue weighted by Crippen LogP contribution is -2.39. The molecule has 7 nitrogen and oxygen atoms in total. The van der Waals surface area contributed by atoms with Crippen LogP contribution in [0.4, 0.5) is 0 Å². The predicted octanol–water partition coefficient (Wildman–Crippen LogP) is 2.89. The number of allylic oxidation sites excluding steroid dienone is 1. The van der Waals surface area contributed by atoms with E-state index in [0.717, 1.165) is 0 Å². The summed E-state index contributed by atoms with van der Waals surface area (Å²) in [7, 11) is 3.00. The van der Waals surface area contributed by atoms with Gasteiger partial charge in [0.05, 0.1) is 11.7 Å². The Bertz CT molecular complexity index is 629. The fourth-order valence-corrected chi connectivity index (χ4v) is 2.97. The molecule has 0 saturated heterocycles. The fourth-order valence-electron chi connectivity index (χ4n) is 2.97. The Morgan fingerprint density at radius 1 is 1.00 bits per heavy atom. The molecule has 3 atom stereocenters. The highest BCUT2D eigenvalue weighted by molar-refractivity contribution is 5.94. The molecule has 3 unspecified atom stereocenters. The lowest BCUT2D eigenvalue weighted by atomic mass is 9.97. The molecule has 0 amide bonds. The van der Waals surface area contributed by atoms with E-state index in [1.54, 1.807) is 30.3 Å². The van der Waals surface area contributed by atoms with Crippen LogP contribution in [0.25, 0.3) is 0 Å². The van der Waals surface area contributed by atoms with Crippen molar-refractivity contribution >= 4 is 11.8 Å². The molecule has 0 N–H and O–H groups in total. The first-order valence-electron chi connectivity index (χ1n) is 9.33. The Morgan fingerprint density at radius 2 is 1.71 bits per heavy atom. The Hall–Kier alpha value is -2.06. The van der Waals surface area contributed by atoms with Gasteiger partial charge in [0, 0.05) is 14.2 Å². The first-order valence-corrected chi connectivity index (χ1v) is 9.33. The summed E-state index contributed by atoms with van der Waals surface area (Å²) >= 11 is 0. The number of methoxy groups -OCH3 is 2. The van der Waals surface area contributed by atoms with Crippen molar-refractivity contribution in [2.24, 2.45) is 0 Å². The minimum atomic E-state index is -0.810. The zero-order chi connectivity index (χ0) is 20.2. The molecule has 1 aromatic rings. The van der Waals surface area contributed by atoms with Crippen molar-refractivity contribution in [3.8, 4) is 0 Å². The molecule has 0 fully saturated rings. The van der Waals surface area contributed by atoms with Gasteiger partial charge in [0.2, 0.25) is 0 Å². The number of rotatable bonds is 8. The third kappa shape index (κ3) is 7.16. The maximum atomic E-state index is 12.5. The van der Waals surface area contributed by atoms with E-state index in [9.17, 15) is 9.59 Å². The molecule has 0 spiro atoms. The summed E-state index contributed by atoms with van der Waals surface area (Å²) in [6, 6.07) is 8.88. The SMILES string of the molecule is COCOC1CCC(OC(=O)c2ccccc2)CCC=CC(=O)C1OCOC. The number of hydrogen-bond donors (Lipinski definition) is 0. The lowest BCUT2D eigenvalue weighted by Gasteiger charge is -2.27. The lowest BCUT2D eigenvalue weighted by molar-refractivity contribution is -0.169. The second kappa shape index (κ2) is 12.4. The molecule has 1 aliphatic rings. The van der Waals surface area contributed by atoms with Crippen LogP contribution < -0.4 is 0 Å². The van der Waals surface area contributed by atoms with Crippen molar-refractivity contribution in [1.29, 1.82) is 0 Å². The quantitative estimate of drug-likeness (QED) is 0.497. The molecule has 0 aliphatic heterocycles. The maximum Gasteiger partial charge on any atom is 0.338 e. The van der Waals surface area contributed by atoms with Gasteiger partial charge in [0.25, 0.3) is 0 Å². The number of ketones is 1. The second-order valence-electron chi connectivity index (χ2n) is 6.46. The van der Waals surface area contributed by atoms with Crippen molar-refractivity contribution in [3.63, 3.8) is 0 Å². The minimum absolute atomic E-state index is 0.0243. The molecule has 154 valence electrons. The number of ether oxygens (including phenoxy) is 5. The second-order valence-corrected chi connectivity index (χ2v) is 6.46. The van der Waals surface area contributed by atoms with E-state index in [2.05, 4.69) is 0 Å². The van der Waals surface area contributed by atoms with Crippen molar-refractivity contribution in [2.45, 2.75) is 44.0 Å². The van der Waals surface area contributed by atoms with E-state index >= 15 is 0 Å². The molecule has 0 radical (unpaired) electrons. The highest BCUT2D eigenvalue weighted by Gasteiger charge is 2.30. The van der Waals surface area contributed by atoms with E-state index in [4.69, 9.17) is 23.7 Å². The van der Waals surface area contributed by atoms with E-state index in [-0.39, 0.29) is 31.4 Å². The van der Waals surface area contributed by atoms with Gasteiger partial charge in [-0.15, -0.1) is 0 Å². The van der Waals surface area contributed by atoms with Crippen LogP contribution in [0.15, 0.2) is 42.5 Å². The van der Waals surface area contributed by atoms with E-state index in [1.165, 1.54) is 20.3 Å². The number of benzene rings is 1. The average molecular weight is 392 g/mol. The van der Waals surface area contributed by atoms with Gasteiger partial charge in [-0.3, -0.25) is 4.79 Å². The van der Waals surface area contributed by atoms with Crippen LogP contribution >= 0.6 is 0 Å². The molecule has 1 aliphatic carbocycles. The van der Waals surface area contributed by atoms with Crippen LogP contribution in [-0.4, -0.2) is 57.9 Å². The molecular weight excluding hydrogens is 364 g/mol. The highest BCUT2D eigenvalue weighted by atomic mass is 16.7. The van der Waals surface area contributed by atoms with E-state index in [0.29, 0.717) is 31.2 Å². The smallest absolute Gasteiger partial charge is 0.338 e. The number of carbonyl (C=O) groups is 2. The summed E-state index contributed by atoms with van der Waals surface area (Å²) < 4.78 is 26.9. The molecule has 0 bridgehead atoms. The standard InChI is InChI=1S/C21H28O7/c1-24-14-26-19-13-12-17(28-21(23)16-8-4-3-5-9-16)10-6-7-11-18(22)20(19)27-15-25-2/h3-5,7-9,11,17,19-20H,6,10,12-15H2,1-2H3.